The summed E-state index contributed by atoms with van der Waals surface area (Å²) in [6, 6.07) is 0.535. The quantitative estimate of drug-likeness (QED) is 0.830. The van der Waals surface area contributed by atoms with E-state index in [0.717, 1.165) is 19.5 Å². The Labute approximate surface area is 106 Å². The first-order valence-electron chi connectivity index (χ1n) is 6.42. The summed E-state index contributed by atoms with van der Waals surface area (Å²) in [6.07, 6.45) is 2.32. The largest absolute Gasteiger partial charge is 0.299 e. The van der Waals surface area contributed by atoms with Gasteiger partial charge in [-0.1, -0.05) is 13.8 Å². The van der Waals surface area contributed by atoms with Crippen LogP contribution in [0.4, 0.5) is 0 Å². The highest BCUT2D eigenvalue weighted by molar-refractivity contribution is 7.88. The van der Waals surface area contributed by atoms with Crippen molar-refractivity contribution in [2.24, 2.45) is 11.8 Å². The summed E-state index contributed by atoms with van der Waals surface area (Å²) in [5.41, 5.74) is 0. The monoisotopic (exact) mass is 262 g/mol. The van der Waals surface area contributed by atoms with E-state index in [2.05, 4.69) is 37.3 Å². The predicted molar refractivity (Wildman–Crippen MR) is 71.4 cm³/mol. The third-order valence-electron chi connectivity index (χ3n) is 3.65. The topological polar surface area (TPSA) is 49.4 Å². The van der Waals surface area contributed by atoms with Gasteiger partial charge in [0.1, 0.15) is 0 Å². The minimum absolute atomic E-state index is 0.0566. The molecule has 4 nitrogen and oxygen atoms in total. The Kier molecular flexibility index (Phi) is 4.98. The molecule has 2 atom stereocenters. The maximum Gasteiger partial charge on any atom is 0.209 e. The van der Waals surface area contributed by atoms with E-state index in [0.29, 0.717) is 17.9 Å². The molecule has 1 saturated heterocycles. The molecule has 0 saturated carbocycles. The second kappa shape index (κ2) is 5.67. The normalized spacial score (nSPS) is 27.9. The summed E-state index contributed by atoms with van der Waals surface area (Å²) in [7, 11) is -3.12. The Bertz CT molecular complexity index is 338. The van der Waals surface area contributed by atoms with Gasteiger partial charge in [-0.05, 0) is 38.6 Å². The number of nitrogens with one attached hydrogen (secondary N) is 1. The van der Waals surface area contributed by atoms with E-state index in [4.69, 9.17) is 0 Å². The third-order valence-corrected chi connectivity index (χ3v) is 4.38. The molecule has 1 fully saturated rings. The molecule has 0 spiro atoms. The van der Waals surface area contributed by atoms with Gasteiger partial charge in [-0.3, -0.25) is 4.90 Å². The molecule has 0 bridgehead atoms. The van der Waals surface area contributed by atoms with Gasteiger partial charge >= 0.3 is 0 Å². The van der Waals surface area contributed by atoms with Crippen LogP contribution in [0.15, 0.2) is 0 Å². The molecule has 2 unspecified atom stereocenters. The van der Waals surface area contributed by atoms with Crippen LogP contribution in [0, 0.1) is 11.8 Å². The average Bonchev–Trinajstić information content (AvgIpc) is 2.14. The van der Waals surface area contributed by atoms with E-state index >= 15 is 0 Å². The zero-order valence-electron chi connectivity index (χ0n) is 11.6. The Hall–Kier alpha value is -0.130. The van der Waals surface area contributed by atoms with Crippen molar-refractivity contribution in [1.29, 1.82) is 0 Å². The molecular weight excluding hydrogens is 236 g/mol. The number of rotatable bonds is 4. The Morgan fingerprint density at radius 1 is 1.24 bits per heavy atom. The molecule has 0 aromatic heterocycles. The van der Waals surface area contributed by atoms with Gasteiger partial charge in [-0.15, -0.1) is 0 Å². The highest BCUT2D eigenvalue weighted by Crippen LogP contribution is 2.26. The second-order valence-corrected chi connectivity index (χ2v) is 7.56. The number of likely N-dealkylation sites (tertiary alicyclic amines) is 1. The number of sulfonamides is 1. The van der Waals surface area contributed by atoms with Crippen LogP contribution >= 0.6 is 0 Å². The van der Waals surface area contributed by atoms with Gasteiger partial charge in [0.15, 0.2) is 0 Å². The van der Waals surface area contributed by atoms with Gasteiger partial charge in [0, 0.05) is 18.6 Å². The van der Waals surface area contributed by atoms with E-state index in [-0.39, 0.29) is 6.04 Å². The Morgan fingerprint density at radius 3 is 2.24 bits per heavy atom. The summed E-state index contributed by atoms with van der Waals surface area (Å²) in [6.45, 7) is 10.6. The maximum absolute atomic E-state index is 11.4. The van der Waals surface area contributed by atoms with Gasteiger partial charge in [0.05, 0.1) is 6.26 Å². The lowest BCUT2D eigenvalue weighted by Crippen LogP contribution is -2.55. The summed E-state index contributed by atoms with van der Waals surface area (Å²) in [5, 5.41) is 0. The second-order valence-electron chi connectivity index (χ2n) is 5.78. The van der Waals surface area contributed by atoms with Crippen LogP contribution in [0.1, 0.15) is 34.1 Å². The van der Waals surface area contributed by atoms with Crippen molar-refractivity contribution in [3.8, 4) is 0 Å². The van der Waals surface area contributed by atoms with Gasteiger partial charge in [-0.25, -0.2) is 13.1 Å². The van der Waals surface area contributed by atoms with Crippen molar-refractivity contribution < 1.29 is 8.42 Å². The molecule has 17 heavy (non-hydrogen) atoms. The number of hydrogen-bond acceptors (Lipinski definition) is 3. The Morgan fingerprint density at radius 2 is 1.82 bits per heavy atom. The number of nitrogens with zero attached hydrogens (tertiary/aromatic N) is 1. The molecule has 1 N–H and O–H groups in total. The first-order valence-corrected chi connectivity index (χ1v) is 8.31. The molecule has 0 aromatic carbocycles. The molecule has 1 aliphatic heterocycles. The van der Waals surface area contributed by atoms with E-state index in [1.54, 1.807) is 0 Å². The van der Waals surface area contributed by atoms with Gasteiger partial charge in [-0.2, -0.15) is 0 Å². The molecule has 0 radical (unpaired) electrons. The molecule has 5 heteroatoms. The standard InChI is InChI=1S/C12H26N2O2S/c1-9(2)11-6-7-14(10(3)4)8-12(11)13-17(5,15)16/h9-13H,6-8H2,1-5H3. The van der Waals surface area contributed by atoms with Crippen LogP contribution in [-0.2, 0) is 10.0 Å². The lowest BCUT2D eigenvalue weighted by atomic mass is 9.83. The number of hydrogen-bond donors (Lipinski definition) is 1. The molecule has 0 aromatic rings. The smallest absolute Gasteiger partial charge is 0.209 e. The van der Waals surface area contributed by atoms with E-state index < -0.39 is 10.0 Å². The van der Waals surface area contributed by atoms with E-state index in [9.17, 15) is 8.42 Å². The summed E-state index contributed by atoms with van der Waals surface area (Å²) in [5.74, 6) is 0.961. The van der Waals surface area contributed by atoms with Crippen LogP contribution in [0.3, 0.4) is 0 Å². The third kappa shape index (κ3) is 4.56. The highest BCUT2D eigenvalue weighted by Gasteiger charge is 2.33. The lowest BCUT2D eigenvalue weighted by Gasteiger charge is -2.42. The van der Waals surface area contributed by atoms with Crippen molar-refractivity contribution >= 4 is 10.0 Å². The average molecular weight is 262 g/mol. The van der Waals surface area contributed by atoms with Gasteiger partial charge < -0.3 is 0 Å². The molecule has 102 valence electrons. The van der Waals surface area contributed by atoms with Crippen LogP contribution in [0.5, 0.6) is 0 Å². The molecule has 1 aliphatic rings. The minimum Gasteiger partial charge on any atom is -0.299 e. The van der Waals surface area contributed by atoms with Crippen molar-refractivity contribution in [2.75, 3.05) is 19.3 Å². The predicted octanol–water partition coefficient (Wildman–Crippen LogP) is 1.29. The zero-order valence-corrected chi connectivity index (χ0v) is 12.4. The summed E-state index contributed by atoms with van der Waals surface area (Å²) >= 11 is 0. The lowest BCUT2D eigenvalue weighted by molar-refractivity contribution is 0.101. The van der Waals surface area contributed by atoms with Crippen molar-refractivity contribution in [3.05, 3.63) is 0 Å². The zero-order chi connectivity index (χ0) is 13.2. The van der Waals surface area contributed by atoms with Crippen LogP contribution in [0.25, 0.3) is 0 Å². The van der Waals surface area contributed by atoms with Crippen molar-refractivity contribution in [2.45, 2.75) is 46.2 Å². The molecule has 0 amide bonds. The minimum atomic E-state index is -3.12. The van der Waals surface area contributed by atoms with E-state index in [1.807, 2.05) is 0 Å². The van der Waals surface area contributed by atoms with Gasteiger partial charge in [0.2, 0.25) is 10.0 Å². The SMILES string of the molecule is CC(C)C1CCN(C(C)C)CC1NS(C)(=O)=O. The van der Waals surface area contributed by atoms with Gasteiger partial charge in [0.25, 0.3) is 0 Å². The molecule has 0 aliphatic carbocycles. The first kappa shape index (κ1) is 14.9. The van der Waals surface area contributed by atoms with Crippen LogP contribution < -0.4 is 4.72 Å². The first-order chi connectivity index (χ1) is 7.70. The summed E-state index contributed by atoms with van der Waals surface area (Å²) < 4.78 is 25.6. The maximum atomic E-state index is 11.4. The van der Waals surface area contributed by atoms with Crippen LogP contribution in [0.2, 0.25) is 0 Å². The molecule has 1 rings (SSSR count). The fourth-order valence-corrected chi connectivity index (χ4v) is 3.46. The van der Waals surface area contributed by atoms with Crippen molar-refractivity contribution in [3.63, 3.8) is 0 Å². The fourth-order valence-electron chi connectivity index (χ4n) is 2.66. The fraction of sp³-hybridized carbons (Fsp3) is 1.00. The highest BCUT2D eigenvalue weighted by atomic mass is 32.2. The van der Waals surface area contributed by atoms with E-state index in [1.165, 1.54) is 6.26 Å². The van der Waals surface area contributed by atoms with Crippen molar-refractivity contribution in [1.82, 2.24) is 9.62 Å². The molecule has 1 heterocycles. The molecular formula is C12H26N2O2S. The summed E-state index contributed by atoms with van der Waals surface area (Å²) in [4.78, 5) is 2.35. The van der Waals surface area contributed by atoms with Crippen LogP contribution in [-0.4, -0.2) is 44.7 Å². The Balaban J connectivity index is 2.76. The number of piperidine rings is 1.